The molecule has 1 aliphatic heterocycles. The standard InChI is InChI=1S/C15H20N4O3.ClH/c20-19(21)12-6-7-13-14(10-12)18-15(17-13)22-9-3-5-11-4-1-2-8-16-11;/h6-7,10-11,16H,1-5,8-9H2,(H,17,18);1H. The minimum atomic E-state index is -0.419. The predicted molar refractivity (Wildman–Crippen MR) is 90.4 cm³/mol. The number of benzene rings is 1. The number of piperidine rings is 1. The maximum absolute atomic E-state index is 10.7. The van der Waals surface area contributed by atoms with E-state index in [0.717, 1.165) is 19.4 Å². The van der Waals surface area contributed by atoms with Gasteiger partial charge in [-0.15, -0.1) is 12.4 Å². The molecule has 8 heteroatoms. The molecule has 0 saturated carbocycles. The Balaban J connectivity index is 0.00000192. The van der Waals surface area contributed by atoms with E-state index in [0.29, 0.717) is 29.7 Å². The fraction of sp³-hybridized carbons (Fsp3) is 0.533. The smallest absolute Gasteiger partial charge is 0.294 e. The molecule has 0 amide bonds. The molecular formula is C15H21ClN4O3. The monoisotopic (exact) mass is 340 g/mol. The van der Waals surface area contributed by atoms with E-state index in [1.807, 2.05) is 0 Å². The number of nitro benzene ring substituents is 1. The normalized spacial score (nSPS) is 17.7. The number of hydrogen-bond donors (Lipinski definition) is 2. The molecule has 2 aromatic rings. The van der Waals surface area contributed by atoms with Crippen molar-refractivity contribution in [2.24, 2.45) is 0 Å². The molecule has 0 aliphatic carbocycles. The third-order valence-electron chi connectivity index (χ3n) is 4.00. The Hall–Kier alpha value is -1.86. The Bertz CT molecular complexity index is 655. The SMILES string of the molecule is Cl.O=[N+]([O-])c1ccc2nc(OCCCC3CCCCN3)[nH]c2c1. The number of rotatable bonds is 6. The highest BCUT2D eigenvalue weighted by atomic mass is 35.5. The summed E-state index contributed by atoms with van der Waals surface area (Å²) in [5, 5.41) is 14.3. The number of aromatic nitrogens is 2. The zero-order chi connectivity index (χ0) is 15.4. The number of fused-ring (bicyclic) bond motifs is 1. The molecule has 0 radical (unpaired) electrons. The summed E-state index contributed by atoms with van der Waals surface area (Å²) < 4.78 is 5.62. The number of non-ortho nitro benzene ring substituents is 1. The van der Waals surface area contributed by atoms with Crippen LogP contribution in [0.2, 0.25) is 0 Å². The Morgan fingerprint density at radius 2 is 2.26 bits per heavy atom. The van der Waals surface area contributed by atoms with Crippen LogP contribution >= 0.6 is 12.4 Å². The maximum Gasteiger partial charge on any atom is 0.294 e. The van der Waals surface area contributed by atoms with E-state index in [1.54, 1.807) is 6.07 Å². The van der Waals surface area contributed by atoms with Crippen LogP contribution in [0, 0.1) is 10.1 Å². The number of halogens is 1. The fourth-order valence-electron chi connectivity index (χ4n) is 2.83. The number of nitrogens with one attached hydrogen (secondary N) is 2. The van der Waals surface area contributed by atoms with Crippen LogP contribution in [-0.2, 0) is 0 Å². The van der Waals surface area contributed by atoms with Gasteiger partial charge in [-0.05, 0) is 38.3 Å². The van der Waals surface area contributed by atoms with Crippen LogP contribution in [0.15, 0.2) is 18.2 Å². The van der Waals surface area contributed by atoms with Crippen molar-refractivity contribution in [1.82, 2.24) is 15.3 Å². The molecule has 0 spiro atoms. The van der Waals surface area contributed by atoms with Crippen LogP contribution in [0.5, 0.6) is 6.01 Å². The van der Waals surface area contributed by atoms with Crippen molar-refractivity contribution < 1.29 is 9.66 Å². The number of nitrogens with zero attached hydrogens (tertiary/aromatic N) is 2. The average Bonchev–Trinajstić information content (AvgIpc) is 2.94. The van der Waals surface area contributed by atoms with Crippen molar-refractivity contribution in [3.63, 3.8) is 0 Å². The molecule has 126 valence electrons. The van der Waals surface area contributed by atoms with Crippen LogP contribution < -0.4 is 10.1 Å². The van der Waals surface area contributed by atoms with Gasteiger partial charge in [-0.1, -0.05) is 6.42 Å². The Morgan fingerprint density at radius 1 is 1.39 bits per heavy atom. The average molecular weight is 341 g/mol. The van der Waals surface area contributed by atoms with Gasteiger partial charge in [-0.3, -0.25) is 10.1 Å². The topological polar surface area (TPSA) is 93.1 Å². The van der Waals surface area contributed by atoms with E-state index in [9.17, 15) is 10.1 Å². The third kappa shape index (κ3) is 4.56. The van der Waals surface area contributed by atoms with Gasteiger partial charge in [-0.2, -0.15) is 4.98 Å². The van der Waals surface area contributed by atoms with Gasteiger partial charge in [0.1, 0.15) is 0 Å². The summed E-state index contributed by atoms with van der Waals surface area (Å²) in [6, 6.07) is 5.58. The second kappa shape index (κ2) is 8.12. The van der Waals surface area contributed by atoms with Crippen molar-refractivity contribution >= 4 is 29.1 Å². The molecule has 3 rings (SSSR count). The third-order valence-corrected chi connectivity index (χ3v) is 4.00. The lowest BCUT2D eigenvalue weighted by Gasteiger charge is -2.23. The minimum absolute atomic E-state index is 0. The molecule has 1 saturated heterocycles. The van der Waals surface area contributed by atoms with Gasteiger partial charge in [0.15, 0.2) is 0 Å². The van der Waals surface area contributed by atoms with Crippen LogP contribution in [0.25, 0.3) is 11.0 Å². The Morgan fingerprint density at radius 3 is 3.00 bits per heavy atom. The zero-order valence-electron chi connectivity index (χ0n) is 12.8. The summed E-state index contributed by atoms with van der Waals surface area (Å²) in [4.78, 5) is 17.6. The van der Waals surface area contributed by atoms with Crippen molar-refractivity contribution in [3.8, 4) is 6.01 Å². The largest absolute Gasteiger partial charge is 0.465 e. The molecular weight excluding hydrogens is 320 g/mol. The van der Waals surface area contributed by atoms with E-state index in [2.05, 4.69) is 15.3 Å². The molecule has 23 heavy (non-hydrogen) atoms. The fourth-order valence-corrected chi connectivity index (χ4v) is 2.83. The van der Waals surface area contributed by atoms with Gasteiger partial charge in [0.2, 0.25) is 0 Å². The van der Waals surface area contributed by atoms with Crippen molar-refractivity contribution in [3.05, 3.63) is 28.3 Å². The summed E-state index contributed by atoms with van der Waals surface area (Å²) >= 11 is 0. The number of hydrogen-bond acceptors (Lipinski definition) is 5. The highest BCUT2D eigenvalue weighted by Gasteiger charge is 2.13. The van der Waals surface area contributed by atoms with E-state index in [-0.39, 0.29) is 18.1 Å². The van der Waals surface area contributed by atoms with Crippen LogP contribution in [0.1, 0.15) is 32.1 Å². The van der Waals surface area contributed by atoms with E-state index < -0.39 is 4.92 Å². The molecule has 7 nitrogen and oxygen atoms in total. The first-order valence-corrected chi connectivity index (χ1v) is 7.73. The molecule has 1 atom stereocenters. The Kier molecular flexibility index (Phi) is 6.18. The minimum Gasteiger partial charge on any atom is -0.465 e. The number of imidazole rings is 1. The highest BCUT2D eigenvalue weighted by Crippen LogP contribution is 2.21. The molecule has 1 aromatic carbocycles. The second-order valence-corrected chi connectivity index (χ2v) is 5.64. The van der Waals surface area contributed by atoms with Gasteiger partial charge in [-0.25, -0.2) is 0 Å². The Labute approximate surface area is 140 Å². The second-order valence-electron chi connectivity index (χ2n) is 5.64. The summed E-state index contributed by atoms with van der Waals surface area (Å²) in [7, 11) is 0. The van der Waals surface area contributed by atoms with Crippen LogP contribution in [-0.4, -0.2) is 34.1 Å². The molecule has 1 aliphatic rings. The molecule has 2 N–H and O–H groups in total. The molecule has 1 fully saturated rings. The van der Waals surface area contributed by atoms with Gasteiger partial charge in [0, 0.05) is 18.2 Å². The summed E-state index contributed by atoms with van der Waals surface area (Å²) in [5.41, 5.74) is 1.35. The van der Waals surface area contributed by atoms with Crippen molar-refractivity contribution in [1.29, 1.82) is 0 Å². The lowest BCUT2D eigenvalue weighted by molar-refractivity contribution is -0.384. The number of nitro groups is 1. The molecule has 2 heterocycles. The van der Waals surface area contributed by atoms with E-state index in [4.69, 9.17) is 4.74 Å². The molecule has 1 unspecified atom stereocenters. The summed E-state index contributed by atoms with van der Waals surface area (Å²) in [5.74, 6) is 0. The highest BCUT2D eigenvalue weighted by molar-refractivity contribution is 5.85. The van der Waals surface area contributed by atoms with Gasteiger partial charge < -0.3 is 15.0 Å². The van der Waals surface area contributed by atoms with Crippen LogP contribution in [0.4, 0.5) is 5.69 Å². The van der Waals surface area contributed by atoms with Crippen LogP contribution in [0.3, 0.4) is 0 Å². The lowest BCUT2D eigenvalue weighted by atomic mass is 10.0. The first-order chi connectivity index (χ1) is 10.7. The predicted octanol–water partition coefficient (Wildman–Crippen LogP) is 3.19. The van der Waals surface area contributed by atoms with E-state index >= 15 is 0 Å². The number of ether oxygens (including phenoxy) is 1. The molecule has 1 aromatic heterocycles. The number of H-pyrrole nitrogens is 1. The van der Waals surface area contributed by atoms with Gasteiger partial charge >= 0.3 is 0 Å². The lowest BCUT2D eigenvalue weighted by Crippen LogP contribution is -2.34. The summed E-state index contributed by atoms with van der Waals surface area (Å²) in [6.07, 6.45) is 5.90. The van der Waals surface area contributed by atoms with Gasteiger partial charge in [0.05, 0.1) is 22.6 Å². The number of aromatic amines is 1. The van der Waals surface area contributed by atoms with E-state index in [1.165, 1.54) is 31.4 Å². The first kappa shape index (κ1) is 17.5. The van der Waals surface area contributed by atoms with Crippen molar-refractivity contribution in [2.75, 3.05) is 13.2 Å². The van der Waals surface area contributed by atoms with Gasteiger partial charge in [0.25, 0.3) is 11.7 Å². The maximum atomic E-state index is 10.7. The first-order valence-electron chi connectivity index (χ1n) is 7.73. The molecule has 0 bridgehead atoms. The summed E-state index contributed by atoms with van der Waals surface area (Å²) in [6.45, 7) is 1.72. The van der Waals surface area contributed by atoms with Crippen molar-refractivity contribution in [2.45, 2.75) is 38.1 Å². The zero-order valence-corrected chi connectivity index (χ0v) is 13.6. The quantitative estimate of drug-likeness (QED) is 0.478.